The lowest BCUT2D eigenvalue weighted by atomic mass is 10.1. The number of nitrogen functional groups attached to an aromatic ring is 1. The van der Waals surface area contributed by atoms with Crippen LogP contribution in [0.5, 0.6) is 0 Å². The Bertz CT molecular complexity index is 445. The van der Waals surface area contributed by atoms with E-state index in [0.29, 0.717) is 16.6 Å². The van der Waals surface area contributed by atoms with Crippen LogP contribution in [-0.4, -0.2) is 44.0 Å². The summed E-state index contributed by atoms with van der Waals surface area (Å²) in [6.45, 7) is 6.19. The summed E-state index contributed by atoms with van der Waals surface area (Å²) in [5.74, 6) is 0.000869. The Morgan fingerprint density at radius 1 is 1.42 bits per heavy atom. The van der Waals surface area contributed by atoms with Crippen molar-refractivity contribution in [3.8, 4) is 0 Å². The molecule has 0 amide bonds. The summed E-state index contributed by atoms with van der Waals surface area (Å²) in [6.07, 6.45) is 0. The van der Waals surface area contributed by atoms with Gasteiger partial charge in [-0.3, -0.25) is 5.41 Å². The maximum absolute atomic E-state index is 7.45. The fraction of sp³-hybridized carbons (Fsp3) is 0.500. The topological polar surface area (TPSA) is 56.4 Å². The molecule has 4 nitrogen and oxygen atoms in total. The molecule has 0 aliphatic heterocycles. The molecule has 1 aromatic carbocycles. The number of benzene rings is 1. The van der Waals surface area contributed by atoms with Crippen molar-refractivity contribution in [2.75, 3.05) is 32.1 Å². The summed E-state index contributed by atoms with van der Waals surface area (Å²) in [6, 6.07) is 6.05. The van der Waals surface area contributed by atoms with E-state index in [4.69, 9.17) is 22.7 Å². The van der Waals surface area contributed by atoms with Crippen LogP contribution in [0.25, 0.3) is 0 Å². The monoisotopic (exact) mass is 282 g/mol. The number of rotatable bonds is 6. The maximum Gasteiger partial charge on any atom is 0.124 e. The van der Waals surface area contributed by atoms with Gasteiger partial charge >= 0.3 is 0 Å². The number of nitrogens with zero attached hydrogens (tertiary/aromatic N) is 2. The molecule has 0 bridgehead atoms. The quantitative estimate of drug-likeness (QED) is 0.622. The number of nitrogens with one attached hydrogen (secondary N) is 1. The van der Waals surface area contributed by atoms with E-state index in [1.165, 1.54) is 0 Å². The number of hydrogen-bond acceptors (Lipinski definition) is 3. The van der Waals surface area contributed by atoms with Crippen LogP contribution >= 0.6 is 11.6 Å². The average Bonchev–Trinajstić information content (AvgIpc) is 2.28. The van der Waals surface area contributed by atoms with Crippen molar-refractivity contribution in [1.29, 1.82) is 5.41 Å². The Balaban J connectivity index is 2.99. The third-order valence-electron chi connectivity index (χ3n) is 3.08. The third kappa shape index (κ3) is 4.11. The van der Waals surface area contributed by atoms with Gasteiger partial charge in [0.05, 0.1) is 5.02 Å². The summed E-state index contributed by atoms with van der Waals surface area (Å²) in [5.41, 5.74) is 7.12. The van der Waals surface area contributed by atoms with E-state index in [2.05, 4.69) is 37.7 Å². The predicted molar refractivity (Wildman–Crippen MR) is 83.5 cm³/mol. The molecule has 1 rings (SSSR count). The lowest BCUT2D eigenvalue weighted by molar-refractivity contribution is 0.373. The number of hydrogen-bond donors (Lipinski definition) is 2. The van der Waals surface area contributed by atoms with E-state index < -0.39 is 0 Å². The van der Waals surface area contributed by atoms with Crippen molar-refractivity contribution in [1.82, 2.24) is 4.90 Å². The summed E-state index contributed by atoms with van der Waals surface area (Å²) in [7, 11) is 4.13. The summed E-state index contributed by atoms with van der Waals surface area (Å²) < 4.78 is 0. The van der Waals surface area contributed by atoms with Crippen LogP contribution in [0.15, 0.2) is 18.2 Å². The highest BCUT2D eigenvalue weighted by Gasteiger charge is 2.15. The first-order chi connectivity index (χ1) is 8.86. The second-order valence-electron chi connectivity index (χ2n) is 4.98. The van der Waals surface area contributed by atoms with Crippen LogP contribution in [0.4, 0.5) is 5.69 Å². The number of halogens is 1. The molecule has 0 radical (unpaired) electrons. The van der Waals surface area contributed by atoms with Crippen molar-refractivity contribution < 1.29 is 0 Å². The van der Waals surface area contributed by atoms with Crippen molar-refractivity contribution >= 4 is 23.1 Å². The molecule has 3 N–H and O–H groups in total. The molecule has 0 heterocycles. The minimum Gasteiger partial charge on any atom is -0.384 e. The molecule has 1 atom stereocenters. The molecule has 1 unspecified atom stereocenters. The van der Waals surface area contributed by atoms with Crippen molar-refractivity contribution in [3.05, 3.63) is 28.8 Å². The van der Waals surface area contributed by atoms with Gasteiger partial charge in [-0.2, -0.15) is 0 Å². The Hall–Kier alpha value is -1.26. The molecule has 0 aliphatic rings. The van der Waals surface area contributed by atoms with Gasteiger partial charge in [-0.15, -0.1) is 0 Å². The van der Waals surface area contributed by atoms with E-state index in [0.717, 1.165) is 18.8 Å². The standard InChI is InChI=1S/C14H23ClN4/c1-5-19(10(2)9-18(3)4)11-6-7-12(14(16)17)13(15)8-11/h6-8,10H,5,9H2,1-4H3,(H3,16,17). The fourth-order valence-corrected chi connectivity index (χ4v) is 2.55. The number of amidine groups is 1. The highest BCUT2D eigenvalue weighted by atomic mass is 35.5. The first-order valence-electron chi connectivity index (χ1n) is 6.42. The van der Waals surface area contributed by atoms with Crippen LogP contribution in [0.3, 0.4) is 0 Å². The highest BCUT2D eigenvalue weighted by molar-refractivity contribution is 6.34. The van der Waals surface area contributed by atoms with Gasteiger partial charge in [-0.05, 0) is 46.1 Å². The Morgan fingerprint density at radius 3 is 2.47 bits per heavy atom. The number of anilines is 1. The molecule has 0 aliphatic carbocycles. The molecule has 5 heteroatoms. The van der Waals surface area contributed by atoms with Crippen LogP contribution < -0.4 is 10.6 Å². The summed E-state index contributed by atoms with van der Waals surface area (Å²) >= 11 is 6.18. The summed E-state index contributed by atoms with van der Waals surface area (Å²) in [5, 5.41) is 7.98. The normalized spacial score (nSPS) is 12.5. The molecular weight excluding hydrogens is 260 g/mol. The second-order valence-corrected chi connectivity index (χ2v) is 5.38. The van der Waals surface area contributed by atoms with Crippen LogP contribution in [0.1, 0.15) is 19.4 Å². The largest absolute Gasteiger partial charge is 0.384 e. The van der Waals surface area contributed by atoms with Crippen molar-refractivity contribution in [2.24, 2.45) is 5.73 Å². The predicted octanol–water partition coefficient (Wildman–Crippen LogP) is 2.40. The zero-order chi connectivity index (χ0) is 14.6. The van der Waals surface area contributed by atoms with Crippen LogP contribution in [-0.2, 0) is 0 Å². The smallest absolute Gasteiger partial charge is 0.124 e. The van der Waals surface area contributed by atoms with Gasteiger partial charge in [-0.25, -0.2) is 0 Å². The molecule has 19 heavy (non-hydrogen) atoms. The van der Waals surface area contributed by atoms with Gasteiger partial charge in [0.15, 0.2) is 0 Å². The van der Waals surface area contributed by atoms with Gasteiger partial charge in [0, 0.05) is 30.4 Å². The SMILES string of the molecule is CCN(c1ccc(C(=N)N)c(Cl)c1)C(C)CN(C)C. The molecule has 0 fully saturated rings. The minimum absolute atomic E-state index is 0.000869. The first kappa shape index (κ1) is 15.8. The molecule has 0 spiro atoms. The average molecular weight is 283 g/mol. The summed E-state index contributed by atoms with van der Waals surface area (Å²) in [4.78, 5) is 4.45. The Labute approximate surface area is 120 Å². The van der Waals surface area contributed by atoms with Gasteiger partial charge < -0.3 is 15.5 Å². The maximum atomic E-state index is 7.45. The van der Waals surface area contributed by atoms with Crippen LogP contribution in [0.2, 0.25) is 5.02 Å². The minimum atomic E-state index is 0.000869. The highest BCUT2D eigenvalue weighted by Crippen LogP contribution is 2.25. The van der Waals surface area contributed by atoms with Gasteiger partial charge in [0.2, 0.25) is 0 Å². The zero-order valence-corrected chi connectivity index (χ0v) is 12.8. The molecular formula is C14H23ClN4. The molecule has 0 saturated carbocycles. The molecule has 0 aromatic heterocycles. The molecule has 0 saturated heterocycles. The Morgan fingerprint density at radius 2 is 2.05 bits per heavy atom. The van der Waals surface area contributed by atoms with Gasteiger partial charge in [0.1, 0.15) is 5.84 Å². The van der Waals surface area contributed by atoms with E-state index in [-0.39, 0.29) is 5.84 Å². The van der Waals surface area contributed by atoms with Crippen molar-refractivity contribution in [2.45, 2.75) is 19.9 Å². The third-order valence-corrected chi connectivity index (χ3v) is 3.39. The van der Waals surface area contributed by atoms with Gasteiger partial charge in [0.25, 0.3) is 0 Å². The molecule has 106 valence electrons. The lowest BCUT2D eigenvalue weighted by Gasteiger charge is -2.32. The van der Waals surface area contributed by atoms with E-state index in [1.807, 2.05) is 18.2 Å². The van der Waals surface area contributed by atoms with Crippen LogP contribution in [0, 0.1) is 5.41 Å². The fourth-order valence-electron chi connectivity index (χ4n) is 2.28. The first-order valence-corrected chi connectivity index (χ1v) is 6.80. The molecule has 1 aromatic rings. The Kier molecular flexibility index (Phi) is 5.63. The lowest BCUT2D eigenvalue weighted by Crippen LogP contribution is -2.40. The van der Waals surface area contributed by atoms with E-state index in [9.17, 15) is 0 Å². The van der Waals surface area contributed by atoms with Crippen molar-refractivity contribution in [3.63, 3.8) is 0 Å². The second kappa shape index (κ2) is 6.78. The number of likely N-dealkylation sites (N-methyl/N-ethyl adjacent to an activating group) is 2. The zero-order valence-electron chi connectivity index (χ0n) is 12.1. The van der Waals surface area contributed by atoms with E-state index >= 15 is 0 Å². The van der Waals surface area contributed by atoms with Gasteiger partial charge in [-0.1, -0.05) is 11.6 Å². The van der Waals surface area contributed by atoms with E-state index in [1.54, 1.807) is 0 Å². The number of nitrogens with two attached hydrogens (primary N) is 1.